The lowest BCUT2D eigenvalue weighted by atomic mass is 10.1. The number of halogens is 2. The molecule has 0 saturated carbocycles. The molecule has 0 radical (unpaired) electrons. The number of benzene rings is 2. The Hall–Kier alpha value is -1.80. The van der Waals surface area contributed by atoms with Crippen LogP contribution in [0.2, 0.25) is 69.5 Å². The Kier molecular flexibility index (Phi) is 18.3. The highest BCUT2D eigenvalue weighted by Crippen LogP contribution is 2.36. The van der Waals surface area contributed by atoms with Crippen molar-refractivity contribution in [3.8, 4) is 11.5 Å². The molecule has 1 atom stereocenters. The summed E-state index contributed by atoms with van der Waals surface area (Å²) in [6, 6.07) is 14.1. The van der Waals surface area contributed by atoms with E-state index in [1.165, 1.54) is 16.4 Å². The molecule has 2 aromatic carbocycles. The topological polar surface area (TPSA) is 113 Å². The van der Waals surface area contributed by atoms with Gasteiger partial charge in [-0.15, -0.1) is 0 Å². The molecular weight excluding hydrogens is 792 g/mol. The third kappa shape index (κ3) is 16.4. The van der Waals surface area contributed by atoms with Gasteiger partial charge >= 0.3 is 0 Å². The highest BCUT2D eigenvalue weighted by atomic mass is 79.9. The minimum absolute atomic E-state index is 0.0341. The summed E-state index contributed by atoms with van der Waals surface area (Å²) in [6.45, 7) is 20.3. The summed E-state index contributed by atoms with van der Waals surface area (Å²) in [5.74, 6) is -0.747. The molecule has 0 heterocycles. The summed E-state index contributed by atoms with van der Waals surface area (Å²) in [5.41, 5.74) is 0.961. The zero-order chi connectivity index (χ0) is 38.5. The van der Waals surface area contributed by atoms with E-state index in [1.54, 1.807) is 18.2 Å². The van der Waals surface area contributed by atoms with Crippen LogP contribution in [0.25, 0.3) is 0 Å². The number of rotatable bonds is 24. The lowest BCUT2D eigenvalue weighted by molar-refractivity contribution is -0.123. The molecule has 0 aliphatic heterocycles. The van der Waals surface area contributed by atoms with Crippen LogP contribution < -0.4 is 19.1 Å². The number of amides is 1. The van der Waals surface area contributed by atoms with Crippen LogP contribution >= 0.6 is 15.9 Å². The summed E-state index contributed by atoms with van der Waals surface area (Å²) in [4.78, 5) is 13.0. The lowest BCUT2D eigenvalue weighted by Gasteiger charge is -2.34. The van der Waals surface area contributed by atoms with Gasteiger partial charge in [0.15, 0.2) is 33.3 Å². The van der Waals surface area contributed by atoms with Gasteiger partial charge in [-0.05, 0) is 66.1 Å². The van der Waals surface area contributed by atoms with Gasteiger partial charge in [-0.3, -0.25) is 4.79 Å². The molecule has 0 saturated heterocycles. The van der Waals surface area contributed by atoms with Gasteiger partial charge in [0.1, 0.15) is 12.5 Å². The van der Waals surface area contributed by atoms with Gasteiger partial charge in [0.2, 0.25) is 10.0 Å². The van der Waals surface area contributed by atoms with E-state index in [2.05, 4.69) is 81.3 Å². The van der Waals surface area contributed by atoms with E-state index in [4.69, 9.17) is 23.4 Å². The zero-order valence-electron chi connectivity index (χ0n) is 32.2. The molecular formula is C35H60BrFN2O8SSi3. The van der Waals surface area contributed by atoms with Crippen LogP contribution in [-0.4, -0.2) is 84.9 Å². The number of carbonyl (C=O) groups excluding carboxylic acids is 1. The molecule has 51 heavy (non-hydrogen) atoms. The van der Waals surface area contributed by atoms with Crippen molar-refractivity contribution >= 4 is 62.0 Å². The lowest BCUT2D eigenvalue weighted by Crippen LogP contribution is -2.41. The fourth-order valence-corrected chi connectivity index (χ4v) is 10.4. The van der Waals surface area contributed by atoms with E-state index in [1.807, 2.05) is 6.07 Å². The van der Waals surface area contributed by atoms with E-state index in [9.17, 15) is 17.6 Å². The maximum Gasteiger partial charge on any atom is 0.258 e. The third-order valence-electron chi connectivity index (χ3n) is 8.59. The quantitative estimate of drug-likeness (QED) is 0.0635. The summed E-state index contributed by atoms with van der Waals surface area (Å²) in [6.07, 6.45) is 0.529. The van der Waals surface area contributed by atoms with Crippen molar-refractivity contribution in [2.75, 3.05) is 50.5 Å². The summed E-state index contributed by atoms with van der Waals surface area (Å²) in [7, 11) is -8.79. The number of anilines is 1. The molecule has 290 valence electrons. The molecule has 1 amide bonds. The molecule has 0 aliphatic carbocycles. The molecule has 0 fully saturated rings. The number of hydrogen-bond acceptors (Lipinski definition) is 8. The molecule has 2 aromatic rings. The monoisotopic (exact) mass is 850 g/mol. The van der Waals surface area contributed by atoms with Gasteiger partial charge in [-0.2, -0.15) is 0 Å². The van der Waals surface area contributed by atoms with Gasteiger partial charge in [-0.1, -0.05) is 82.0 Å². The molecule has 0 spiro atoms. The van der Waals surface area contributed by atoms with Crippen molar-refractivity contribution in [1.29, 1.82) is 0 Å². The third-order valence-corrected chi connectivity index (χ3v) is 18.2. The first kappa shape index (κ1) is 45.4. The second-order valence-corrected chi connectivity index (χ2v) is 34.0. The summed E-state index contributed by atoms with van der Waals surface area (Å²) in [5, 5.41) is 2.89. The SMILES string of the molecule is CC[Si](CC)(CC)O[C@H](CNC(=O)COc1ccc(Br)cc1F)c1ccc(OCOCC[Si](C)(C)C)c(N(COCC[Si](C)(C)C)S(C)(=O)=O)c1. The second-order valence-electron chi connectivity index (χ2n) is 15.2. The Balaban J connectivity index is 2.47. The van der Waals surface area contributed by atoms with Crippen molar-refractivity contribution < 1.29 is 41.0 Å². The van der Waals surface area contributed by atoms with E-state index < -0.39 is 58.9 Å². The zero-order valence-corrected chi connectivity index (χ0v) is 37.6. The molecule has 10 nitrogen and oxygen atoms in total. The Bertz CT molecular complexity index is 1500. The van der Waals surface area contributed by atoms with E-state index in [0.717, 1.165) is 36.5 Å². The average molecular weight is 852 g/mol. The molecule has 1 N–H and O–H groups in total. The van der Waals surface area contributed by atoms with Crippen LogP contribution in [0.4, 0.5) is 10.1 Å². The number of sulfonamides is 1. The minimum Gasteiger partial charge on any atom is -0.481 e. The van der Waals surface area contributed by atoms with E-state index >= 15 is 0 Å². The standard InChI is InChI=1S/C35H60BrFN2O8SSi3/c1-11-51(12-2,13-3)47-34(24-38-35(40)25-45-32-17-15-29(36)23-30(32)37)28-14-16-33(46-27-44-19-21-50(8,9)10)31(22-28)39(48(4,41)42)26-43-18-20-49(5,6)7/h14-17,22-23,34H,11-13,18-21,24-27H2,1-10H3,(H,38,40)/t34-/m1/s1. The van der Waals surface area contributed by atoms with Crippen LogP contribution in [0.15, 0.2) is 40.9 Å². The number of hydrogen-bond donors (Lipinski definition) is 1. The average Bonchev–Trinajstić information content (AvgIpc) is 3.03. The molecule has 0 bridgehead atoms. The van der Waals surface area contributed by atoms with Gasteiger partial charge in [0.05, 0.1) is 18.0 Å². The van der Waals surface area contributed by atoms with Crippen LogP contribution in [0.3, 0.4) is 0 Å². The maximum atomic E-state index is 14.3. The van der Waals surface area contributed by atoms with Gasteiger partial charge < -0.3 is 28.7 Å². The van der Waals surface area contributed by atoms with Crippen LogP contribution in [-0.2, 0) is 28.7 Å². The van der Waals surface area contributed by atoms with E-state index in [0.29, 0.717) is 34.7 Å². The van der Waals surface area contributed by atoms with Crippen molar-refractivity contribution in [1.82, 2.24) is 5.32 Å². The first-order chi connectivity index (χ1) is 23.7. The van der Waals surface area contributed by atoms with Crippen molar-refractivity contribution in [2.45, 2.75) is 96.4 Å². The van der Waals surface area contributed by atoms with E-state index in [-0.39, 0.29) is 25.8 Å². The van der Waals surface area contributed by atoms with Crippen molar-refractivity contribution in [2.24, 2.45) is 0 Å². The predicted octanol–water partition coefficient (Wildman–Crippen LogP) is 8.62. The van der Waals surface area contributed by atoms with Gasteiger partial charge in [-0.25, -0.2) is 17.1 Å². The number of nitrogens with zero attached hydrogens (tertiary/aromatic N) is 1. The second kappa shape index (κ2) is 20.6. The molecule has 0 aliphatic rings. The molecule has 0 aromatic heterocycles. The van der Waals surface area contributed by atoms with Crippen LogP contribution in [0, 0.1) is 5.82 Å². The van der Waals surface area contributed by atoms with Gasteiger partial charge in [0.25, 0.3) is 5.91 Å². The maximum absolute atomic E-state index is 14.3. The predicted molar refractivity (Wildman–Crippen MR) is 216 cm³/mol. The Morgan fingerprint density at radius 1 is 0.882 bits per heavy atom. The normalized spacial score (nSPS) is 13.2. The highest BCUT2D eigenvalue weighted by molar-refractivity contribution is 9.10. The minimum atomic E-state index is -3.82. The van der Waals surface area contributed by atoms with Crippen LogP contribution in [0.5, 0.6) is 11.5 Å². The molecule has 2 rings (SSSR count). The Labute approximate surface area is 317 Å². The smallest absolute Gasteiger partial charge is 0.258 e. The Morgan fingerprint density at radius 3 is 2.02 bits per heavy atom. The van der Waals surface area contributed by atoms with Gasteiger partial charge in [0, 0.05) is 40.4 Å². The largest absolute Gasteiger partial charge is 0.481 e. The van der Waals surface area contributed by atoms with Crippen LogP contribution in [0.1, 0.15) is 32.4 Å². The number of carbonyl (C=O) groups is 1. The van der Waals surface area contributed by atoms with Crippen molar-refractivity contribution in [3.05, 3.63) is 52.3 Å². The summed E-state index contributed by atoms with van der Waals surface area (Å²) < 4.78 is 72.9. The summed E-state index contributed by atoms with van der Waals surface area (Å²) >= 11 is 3.22. The fourth-order valence-electron chi connectivity index (χ4n) is 4.99. The number of ether oxygens (including phenoxy) is 4. The first-order valence-electron chi connectivity index (χ1n) is 17.6. The molecule has 0 unspecified atom stereocenters. The Morgan fingerprint density at radius 2 is 1.47 bits per heavy atom. The fraction of sp³-hybridized carbons (Fsp3) is 0.629. The highest BCUT2D eigenvalue weighted by Gasteiger charge is 2.34. The van der Waals surface area contributed by atoms with Crippen molar-refractivity contribution in [3.63, 3.8) is 0 Å². The number of nitrogens with one attached hydrogen (secondary N) is 1. The molecule has 16 heteroatoms. The first-order valence-corrected chi connectivity index (χ1v) is 30.2.